The minimum absolute atomic E-state index is 0.0513. The molecule has 0 amide bonds. The molecule has 28 heavy (non-hydrogen) atoms. The van der Waals surface area contributed by atoms with E-state index in [2.05, 4.69) is 25.3 Å². The van der Waals surface area contributed by atoms with Gasteiger partial charge in [-0.25, -0.2) is 4.99 Å². The van der Waals surface area contributed by atoms with Gasteiger partial charge in [0.05, 0.1) is 13.2 Å². The van der Waals surface area contributed by atoms with Crippen LogP contribution in [0.5, 0.6) is 0 Å². The maximum atomic E-state index is 12.1. The van der Waals surface area contributed by atoms with Crippen LogP contribution in [0.1, 0.15) is 37.3 Å². The van der Waals surface area contributed by atoms with Crippen LogP contribution in [0.15, 0.2) is 29.3 Å². The van der Waals surface area contributed by atoms with Gasteiger partial charge in [0.25, 0.3) is 0 Å². The molecule has 0 aliphatic carbocycles. The van der Waals surface area contributed by atoms with E-state index in [1.807, 2.05) is 19.1 Å². The summed E-state index contributed by atoms with van der Waals surface area (Å²) in [7, 11) is 0. The lowest BCUT2D eigenvalue weighted by atomic mass is 10.1. The van der Waals surface area contributed by atoms with Gasteiger partial charge < -0.3 is 20.3 Å². The molecule has 2 rings (SSSR count). The van der Waals surface area contributed by atoms with Crippen LogP contribution in [0.3, 0.4) is 0 Å². The van der Waals surface area contributed by atoms with Crippen LogP contribution in [0.2, 0.25) is 0 Å². The molecule has 0 saturated carbocycles. The second-order valence-electron chi connectivity index (χ2n) is 6.95. The zero-order valence-electron chi connectivity index (χ0n) is 16.5. The third-order valence-corrected chi connectivity index (χ3v) is 4.46. The number of nitrogens with one attached hydrogen (secondary N) is 2. The molecule has 5 nitrogen and oxygen atoms in total. The lowest BCUT2D eigenvalue weighted by molar-refractivity contribution is -0.176. The van der Waals surface area contributed by atoms with E-state index in [-0.39, 0.29) is 6.61 Å². The SMILES string of the molecule is CCNC(=NCc1ccc(COCC(F)(F)F)cc1)NCCCN1CCCC1. The highest BCUT2D eigenvalue weighted by Crippen LogP contribution is 2.16. The molecule has 158 valence electrons. The van der Waals surface area contributed by atoms with Crippen LogP contribution in [-0.4, -0.2) is 56.4 Å². The Morgan fingerprint density at radius 2 is 1.79 bits per heavy atom. The normalized spacial score (nSPS) is 15.8. The van der Waals surface area contributed by atoms with Gasteiger partial charge in [0, 0.05) is 13.1 Å². The number of hydrogen-bond donors (Lipinski definition) is 2. The van der Waals surface area contributed by atoms with Gasteiger partial charge in [-0.2, -0.15) is 13.2 Å². The van der Waals surface area contributed by atoms with Gasteiger partial charge in [-0.05, 0) is 56.9 Å². The van der Waals surface area contributed by atoms with E-state index in [0.29, 0.717) is 12.1 Å². The van der Waals surface area contributed by atoms with Crippen LogP contribution in [-0.2, 0) is 17.9 Å². The van der Waals surface area contributed by atoms with Crippen LogP contribution in [0.4, 0.5) is 13.2 Å². The zero-order chi connectivity index (χ0) is 20.2. The van der Waals surface area contributed by atoms with Gasteiger partial charge in [0.15, 0.2) is 5.96 Å². The number of benzene rings is 1. The fourth-order valence-corrected chi connectivity index (χ4v) is 3.05. The Hall–Kier alpha value is -1.80. The number of alkyl halides is 3. The molecule has 0 aromatic heterocycles. The highest BCUT2D eigenvalue weighted by Gasteiger charge is 2.27. The van der Waals surface area contributed by atoms with Gasteiger partial charge in [0.2, 0.25) is 0 Å². The van der Waals surface area contributed by atoms with Crippen molar-refractivity contribution in [3.8, 4) is 0 Å². The first-order valence-electron chi connectivity index (χ1n) is 9.93. The highest BCUT2D eigenvalue weighted by molar-refractivity contribution is 5.79. The summed E-state index contributed by atoms with van der Waals surface area (Å²) in [5.41, 5.74) is 1.71. The summed E-state index contributed by atoms with van der Waals surface area (Å²) in [4.78, 5) is 7.07. The molecule has 1 fully saturated rings. The topological polar surface area (TPSA) is 48.9 Å². The Bertz CT molecular complexity index is 584. The third-order valence-electron chi connectivity index (χ3n) is 4.46. The smallest absolute Gasteiger partial charge is 0.367 e. The second kappa shape index (κ2) is 11.9. The molecule has 1 aliphatic rings. The van der Waals surface area contributed by atoms with Gasteiger partial charge in [-0.1, -0.05) is 24.3 Å². The van der Waals surface area contributed by atoms with Crippen LogP contribution >= 0.6 is 0 Å². The molecule has 1 aromatic carbocycles. The number of likely N-dealkylation sites (tertiary alicyclic amines) is 1. The molecule has 0 radical (unpaired) electrons. The van der Waals surface area contributed by atoms with Crippen molar-refractivity contribution in [1.82, 2.24) is 15.5 Å². The Kier molecular flexibility index (Phi) is 9.57. The molecule has 0 atom stereocenters. The Morgan fingerprint density at radius 1 is 1.11 bits per heavy atom. The zero-order valence-corrected chi connectivity index (χ0v) is 16.5. The first kappa shape index (κ1) is 22.5. The molecule has 1 heterocycles. The van der Waals surface area contributed by atoms with Crippen LogP contribution in [0.25, 0.3) is 0 Å². The van der Waals surface area contributed by atoms with Crippen molar-refractivity contribution in [1.29, 1.82) is 0 Å². The Morgan fingerprint density at radius 3 is 2.43 bits per heavy atom. The molecule has 0 bridgehead atoms. The molecule has 0 spiro atoms. The minimum Gasteiger partial charge on any atom is -0.367 e. The Labute approximate surface area is 165 Å². The molecular weight excluding hydrogens is 369 g/mol. The van der Waals surface area contributed by atoms with Crippen molar-refractivity contribution in [2.75, 3.05) is 39.3 Å². The van der Waals surface area contributed by atoms with Crippen molar-refractivity contribution in [3.05, 3.63) is 35.4 Å². The monoisotopic (exact) mass is 400 g/mol. The van der Waals surface area contributed by atoms with Crippen molar-refractivity contribution in [2.45, 2.75) is 45.5 Å². The molecule has 2 N–H and O–H groups in total. The average molecular weight is 400 g/mol. The summed E-state index contributed by atoms with van der Waals surface area (Å²) in [6, 6.07) is 7.29. The van der Waals surface area contributed by atoms with Crippen molar-refractivity contribution in [3.63, 3.8) is 0 Å². The lowest BCUT2D eigenvalue weighted by Gasteiger charge is -2.15. The predicted octanol–water partition coefficient (Wildman–Crippen LogP) is 3.31. The van der Waals surface area contributed by atoms with Gasteiger partial charge in [-0.3, -0.25) is 0 Å². The van der Waals surface area contributed by atoms with E-state index in [1.54, 1.807) is 12.1 Å². The van der Waals surface area contributed by atoms with Gasteiger partial charge >= 0.3 is 6.18 Å². The van der Waals surface area contributed by atoms with Gasteiger partial charge in [-0.15, -0.1) is 0 Å². The average Bonchev–Trinajstić information content (AvgIpc) is 3.16. The van der Waals surface area contributed by atoms with Crippen molar-refractivity contribution >= 4 is 5.96 Å². The fourth-order valence-electron chi connectivity index (χ4n) is 3.05. The van der Waals surface area contributed by atoms with Crippen LogP contribution < -0.4 is 10.6 Å². The maximum absolute atomic E-state index is 12.1. The molecular formula is C20H31F3N4O. The number of rotatable bonds is 10. The summed E-state index contributed by atoms with van der Waals surface area (Å²) < 4.78 is 41.0. The molecule has 0 unspecified atom stereocenters. The molecule has 8 heteroatoms. The van der Waals surface area contributed by atoms with E-state index in [1.165, 1.54) is 25.9 Å². The van der Waals surface area contributed by atoms with E-state index in [4.69, 9.17) is 0 Å². The minimum atomic E-state index is -4.29. The van der Waals surface area contributed by atoms with Crippen molar-refractivity contribution in [2.24, 2.45) is 4.99 Å². The Balaban J connectivity index is 1.72. The van der Waals surface area contributed by atoms with Crippen molar-refractivity contribution < 1.29 is 17.9 Å². The number of aliphatic imine (C=N–C) groups is 1. The highest BCUT2D eigenvalue weighted by atomic mass is 19.4. The summed E-state index contributed by atoms with van der Waals surface area (Å²) in [5.74, 6) is 0.779. The molecule has 1 aromatic rings. The first-order chi connectivity index (χ1) is 13.5. The number of guanidine groups is 1. The predicted molar refractivity (Wildman–Crippen MR) is 105 cm³/mol. The summed E-state index contributed by atoms with van der Waals surface area (Å²) in [5, 5.41) is 6.59. The molecule has 1 aliphatic heterocycles. The summed E-state index contributed by atoms with van der Waals surface area (Å²) in [6.07, 6.45) is -0.592. The van der Waals surface area contributed by atoms with E-state index < -0.39 is 12.8 Å². The quantitative estimate of drug-likeness (QED) is 0.359. The standard InChI is InChI=1S/C20H31F3N4O/c1-2-24-19(25-10-5-13-27-11-3-4-12-27)26-14-17-6-8-18(9-7-17)15-28-16-20(21,22)23/h6-9H,2-5,10-16H2,1H3,(H2,24,25,26). The van der Waals surface area contributed by atoms with E-state index >= 15 is 0 Å². The summed E-state index contributed by atoms with van der Waals surface area (Å²) >= 11 is 0. The number of halogens is 3. The fraction of sp³-hybridized carbons (Fsp3) is 0.650. The van der Waals surface area contributed by atoms with Crippen LogP contribution in [0, 0.1) is 0 Å². The first-order valence-corrected chi connectivity index (χ1v) is 9.93. The summed E-state index contributed by atoms with van der Waals surface area (Å²) in [6.45, 7) is 6.45. The molecule has 1 saturated heterocycles. The third kappa shape index (κ3) is 9.41. The van der Waals surface area contributed by atoms with Gasteiger partial charge in [0.1, 0.15) is 6.61 Å². The number of hydrogen-bond acceptors (Lipinski definition) is 3. The second-order valence-corrected chi connectivity index (χ2v) is 6.95. The van der Waals surface area contributed by atoms with E-state index in [0.717, 1.165) is 37.6 Å². The van der Waals surface area contributed by atoms with E-state index in [9.17, 15) is 13.2 Å². The lowest BCUT2D eigenvalue weighted by Crippen LogP contribution is -2.38. The maximum Gasteiger partial charge on any atom is 0.411 e. The largest absolute Gasteiger partial charge is 0.411 e. The number of ether oxygens (including phenoxy) is 1. The number of nitrogens with zero attached hydrogens (tertiary/aromatic N) is 2.